The van der Waals surface area contributed by atoms with Crippen molar-refractivity contribution in [2.24, 2.45) is 0 Å². The fourth-order valence-corrected chi connectivity index (χ4v) is 3.04. The molecule has 26 heavy (non-hydrogen) atoms. The van der Waals surface area contributed by atoms with Gasteiger partial charge in [0, 0.05) is 24.3 Å². The number of alkyl carbamates (subject to hydrolysis) is 1. The summed E-state index contributed by atoms with van der Waals surface area (Å²) in [6.45, 7) is 3.10. The van der Waals surface area contributed by atoms with Crippen LogP contribution in [0.5, 0.6) is 5.75 Å². The minimum atomic E-state index is -2.61. The second-order valence-corrected chi connectivity index (χ2v) is 7.25. The Hall–Kier alpha value is -1.50. The van der Waals surface area contributed by atoms with Crippen LogP contribution in [0.2, 0.25) is 0 Å². The lowest BCUT2D eigenvalue weighted by Gasteiger charge is -2.27. The number of nitrogens with one attached hydrogen (secondary N) is 1. The normalized spacial score (nSPS) is 16.9. The topological polar surface area (TPSA) is 47.6 Å². The van der Waals surface area contributed by atoms with E-state index in [1.165, 1.54) is 0 Å². The lowest BCUT2D eigenvalue weighted by molar-refractivity contribution is -0.0655. The molecular weight excluding hydrogens is 360 g/mol. The van der Waals surface area contributed by atoms with E-state index in [9.17, 15) is 13.6 Å². The van der Waals surface area contributed by atoms with Gasteiger partial charge in [0.1, 0.15) is 11.9 Å². The first-order valence-corrected chi connectivity index (χ1v) is 9.55. The molecule has 0 aliphatic heterocycles. The number of thiol groups is 1. The Morgan fingerprint density at radius 3 is 2.73 bits per heavy atom. The Kier molecular flexibility index (Phi) is 8.00. The Bertz CT molecular complexity index is 588. The van der Waals surface area contributed by atoms with Gasteiger partial charge in [-0.3, -0.25) is 0 Å². The van der Waals surface area contributed by atoms with Gasteiger partial charge in [0.25, 0.3) is 0 Å². The Morgan fingerprint density at radius 1 is 1.27 bits per heavy atom. The number of hydrogen-bond acceptors (Lipinski definition) is 4. The van der Waals surface area contributed by atoms with Crippen molar-refractivity contribution in [2.75, 3.05) is 13.2 Å². The maximum Gasteiger partial charge on any atom is 0.407 e. The molecule has 0 atom stereocenters. The van der Waals surface area contributed by atoms with Gasteiger partial charge in [-0.1, -0.05) is 6.07 Å². The molecule has 146 valence electrons. The van der Waals surface area contributed by atoms with E-state index >= 15 is 0 Å². The summed E-state index contributed by atoms with van der Waals surface area (Å²) in [4.78, 5) is 12.5. The molecule has 0 saturated heterocycles. The summed E-state index contributed by atoms with van der Waals surface area (Å²) in [6.07, 6.45) is 1.71. The molecule has 0 aromatic heterocycles. The van der Waals surface area contributed by atoms with Crippen molar-refractivity contribution in [3.63, 3.8) is 0 Å². The molecule has 1 amide bonds. The van der Waals surface area contributed by atoms with Crippen molar-refractivity contribution in [3.8, 4) is 5.75 Å². The van der Waals surface area contributed by atoms with Gasteiger partial charge in [-0.05, 0) is 56.7 Å². The molecule has 1 N–H and O–H groups in total. The largest absolute Gasteiger partial charge is 0.492 e. The first-order valence-electron chi connectivity index (χ1n) is 9.10. The number of benzene rings is 1. The van der Waals surface area contributed by atoms with Gasteiger partial charge >= 0.3 is 6.09 Å². The van der Waals surface area contributed by atoms with Crippen molar-refractivity contribution >= 4 is 18.7 Å². The average Bonchev–Trinajstić information content (AvgIpc) is 2.59. The minimum absolute atomic E-state index is 0.208. The number of carbonyl (C=O) groups excluding carboxylic acids is 1. The lowest BCUT2D eigenvalue weighted by atomic mass is 9.94. The number of halogens is 2. The number of aryl methyl sites for hydroxylation is 1. The first-order chi connectivity index (χ1) is 12.4. The minimum Gasteiger partial charge on any atom is -0.492 e. The van der Waals surface area contributed by atoms with Gasteiger partial charge < -0.3 is 14.8 Å². The van der Waals surface area contributed by atoms with Crippen molar-refractivity contribution in [2.45, 2.75) is 68.8 Å². The maximum absolute atomic E-state index is 13.0. The van der Waals surface area contributed by atoms with Gasteiger partial charge in [0.15, 0.2) is 0 Å². The van der Waals surface area contributed by atoms with Crippen LogP contribution in [0.25, 0.3) is 0 Å². The molecule has 0 spiro atoms. The highest BCUT2D eigenvalue weighted by Gasteiger charge is 2.36. The summed E-state index contributed by atoms with van der Waals surface area (Å²) in [5.74, 6) is -1.82. The Morgan fingerprint density at radius 2 is 2.00 bits per heavy atom. The molecule has 1 aromatic carbocycles. The molecule has 1 aromatic rings. The number of carbonyl (C=O) groups is 1. The van der Waals surface area contributed by atoms with E-state index in [0.29, 0.717) is 13.2 Å². The second-order valence-electron chi connectivity index (χ2n) is 6.77. The number of unbranched alkanes of at least 4 members (excludes halogenated alkanes) is 2. The van der Waals surface area contributed by atoms with E-state index in [0.717, 1.165) is 35.5 Å². The molecule has 1 aliphatic rings. The summed E-state index contributed by atoms with van der Waals surface area (Å²) < 4.78 is 37.0. The molecule has 0 unspecified atom stereocenters. The van der Waals surface area contributed by atoms with E-state index in [1.807, 2.05) is 25.1 Å². The summed E-state index contributed by atoms with van der Waals surface area (Å²) in [5.41, 5.74) is 1.13. The molecule has 0 radical (unpaired) electrons. The Balaban J connectivity index is 1.50. The Labute approximate surface area is 159 Å². The van der Waals surface area contributed by atoms with Gasteiger partial charge in [0.05, 0.1) is 6.61 Å². The smallest absolute Gasteiger partial charge is 0.407 e. The van der Waals surface area contributed by atoms with Crippen molar-refractivity contribution in [1.29, 1.82) is 0 Å². The number of hydrogen-bond donors (Lipinski definition) is 2. The third kappa shape index (κ3) is 7.40. The molecular formula is C19H27F2NO3S. The standard InChI is InChI=1S/C19H27F2NO3S/c1-14-5-6-17(26)16(13-14)24-12-4-2-3-11-22-18(23)25-15-7-9-19(20,21)10-8-15/h5-6,13,15,26H,2-4,7-12H2,1H3,(H,22,23). The van der Waals surface area contributed by atoms with Crippen LogP contribution in [-0.4, -0.2) is 31.3 Å². The molecule has 1 aliphatic carbocycles. The fourth-order valence-electron chi connectivity index (χ4n) is 2.84. The van der Waals surface area contributed by atoms with Crippen LogP contribution in [0.4, 0.5) is 13.6 Å². The highest BCUT2D eigenvalue weighted by molar-refractivity contribution is 7.80. The molecule has 1 fully saturated rings. The first kappa shape index (κ1) is 20.8. The molecule has 0 heterocycles. The van der Waals surface area contributed by atoms with Gasteiger partial charge in [-0.2, -0.15) is 0 Å². The third-order valence-electron chi connectivity index (χ3n) is 4.40. The summed E-state index contributed by atoms with van der Waals surface area (Å²) in [5, 5.41) is 2.67. The van der Waals surface area contributed by atoms with Gasteiger partial charge in [-0.25, -0.2) is 13.6 Å². The van der Waals surface area contributed by atoms with Crippen molar-refractivity contribution < 1.29 is 23.0 Å². The van der Waals surface area contributed by atoms with Crippen LogP contribution in [0.1, 0.15) is 50.5 Å². The predicted octanol–water partition coefficient (Wildman–Crippen LogP) is 5.14. The zero-order valence-corrected chi connectivity index (χ0v) is 16.0. The highest BCUT2D eigenvalue weighted by Crippen LogP contribution is 2.34. The van der Waals surface area contributed by atoms with Crippen LogP contribution in [-0.2, 0) is 4.74 Å². The van der Waals surface area contributed by atoms with Gasteiger partial charge in [-0.15, -0.1) is 12.6 Å². The van der Waals surface area contributed by atoms with E-state index < -0.39 is 18.1 Å². The monoisotopic (exact) mass is 387 g/mol. The molecule has 0 bridgehead atoms. The summed E-state index contributed by atoms with van der Waals surface area (Å²) in [6, 6.07) is 5.86. The van der Waals surface area contributed by atoms with Crippen LogP contribution in [0, 0.1) is 6.92 Å². The zero-order chi connectivity index (χ0) is 19.0. The highest BCUT2D eigenvalue weighted by atomic mass is 32.1. The number of rotatable bonds is 8. The number of amides is 1. The van der Waals surface area contributed by atoms with E-state index in [4.69, 9.17) is 9.47 Å². The van der Waals surface area contributed by atoms with Crippen molar-refractivity contribution in [1.82, 2.24) is 5.32 Å². The molecule has 2 rings (SSSR count). The summed E-state index contributed by atoms with van der Waals surface area (Å²) in [7, 11) is 0. The molecule has 7 heteroatoms. The zero-order valence-electron chi connectivity index (χ0n) is 15.1. The van der Waals surface area contributed by atoms with E-state index in [-0.39, 0.29) is 25.7 Å². The van der Waals surface area contributed by atoms with E-state index in [1.54, 1.807) is 0 Å². The maximum atomic E-state index is 13.0. The number of alkyl halides is 2. The number of ether oxygens (including phenoxy) is 2. The quantitative estimate of drug-likeness (QED) is 0.480. The van der Waals surface area contributed by atoms with Crippen LogP contribution in [0.3, 0.4) is 0 Å². The van der Waals surface area contributed by atoms with Crippen molar-refractivity contribution in [3.05, 3.63) is 23.8 Å². The molecule has 4 nitrogen and oxygen atoms in total. The van der Waals surface area contributed by atoms with Crippen LogP contribution >= 0.6 is 12.6 Å². The SMILES string of the molecule is Cc1ccc(S)c(OCCCCCNC(=O)OC2CCC(F)(F)CC2)c1. The van der Waals surface area contributed by atoms with Crippen LogP contribution in [0.15, 0.2) is 23.1 Å². The second kappa shape index (κ2) is 10.00. The predicted molar refractivity (Wildman–Crippen MR) is 99.5 cm³/mol. The third-order valence-corrected chi connectivity index (χ3v) is 4.77. The summed E-state index contributed by atoms with van der Waals surface area (Å²) >= 11 is 4.36. The van der Waals surface area contributed by atoms with E-state index in [2.05, 4.69) is 17.9 Å². The average molecular weight is 387 g/mol. The van der Waals surface area contributed by atoms with Crippen LogP contribution < -0.4 is 10.1 Å². The molecule has 1 saturated carbocycles. The van der Waals surface area contributed by atoms with Gasteiger partial charge in [0.2, 0.25) is 5.92 Å². The lowest BCUT2D eigenvalue weighted by Crippen LogP contribution is -2.34. The fraction of sp³-hybridized carbons (Fsp3) is 0.632.